The molecule has 306 valence electrons. The third kappa shape index (κ3) is 11.6. The fourth-order valence-corrected chi connectivity index (χ4v) is 8.99. The molecule has 2 fully saturated rings. The highest BCUT2D eigenvalue weighted by Crippen LogP contribution is 2.32. The molecular weight excluding hydrogens is 684 g/mol. The number of benzene rings is 1. The number of ketones is 1. The van der Waals surface area contributed by atoms with Crippen LogP contribution in [-0.2, 0) is 35.1 Å². The Bertz CT molecular complexity index is 1360. The number of methoxy groups -OCH3 is 2. The normalized spacial score (nSPS) is 21.6. The molecular formula is C43H72N4O7. The molecule has 2 aliphatic heterocycles. The van der Waals surface area contributed by atoms with Crippen molar-refractivity contribution in [3.05, 3.63) is 35.9 Å². The zero-order valence-corrected chi connectivity index (χ0v) is 35.3. The van der Waals surface area contributed by atoms with Gasteiger partial charge in [0.1, 0.15) is 5.78 Å². The molecule has 0 spiro atoms. The summed E-state index contributed by atoms with van der Waals surface area (Å²) in [4.78, 5) is 63.8. The Balaban J connectivity index is 1.75. The smallest absolute Gasteiger partial charge is 0.226 e. The van der Waals surface area contributed by atoms with E-state index in [1.165, 1.54) is 0 Å². The number of ether oxygens (including phenoxy) is 2. The maximum Gasteiger partial charge on any atom is 0.226 e. The lowest BCUT2D eigenvalue weighted by molar-refractivity contribution is -0.151. The second-order valence-electron chi connectivity index (χ2n) is 17.1. The zero-order valence-electron chi connectivity index (χ0n) is 35.3. The van der Waals surface area contributed by atoms with Gasteiger partial charge >= 0.3 is 0 Å². The van der Waals surface area contributed by atoms with Crippen molar-refractivity contribution in [1.29, 1.82) is 0 Å². The summed E-state index contributed by atoms with van der Waals surface area (Å²) in [6.45, 7) is 16.8. The van der Waals surface area contributed by atoms with Crippen LogP contribution in [0.1, 0.15) is 92.6 Å². The van der Waals surface area contributed by atoms with Crippen LogP contribution in [0, 0.1) is 29.6 Å². The molecule has 0 unspecified atom stereocenters. The Morgan fingerprint density at radius 3 is 2.17 bits per heavy atom. The van der Waals surface area contributed by atoms with Gasteiger partial charge in [-0.3, -0.25) is 19.2 Å². The van der Waals surface area contributed by atoms with Crippen LogP contribution in [0.5, 0.6) is 0 Å². The molecule has 0 aliphatic carbocycles. The molecule has 3 rings (SSSR count). The third-order valence-corrected chi connectivity index (χ3v) is 12.4. The molecule has 0 radical (unpaired) electrons. The predicted octanol–water partition coefficient (Wildman–Crippen LogP) is 4.93. The van der Waals surface area contributed by atoms with Crippen LogP contribution in [0.25, 0.3) is 0 Å². The number of Topliss-reactive ketones (excluding diaryl/α,β-unsaturated/α-hetero) is 1. The first-order valence-electron chi connectivity index (χ1n) is 20.3. The van der Waals surface area contributed by atoms with Gasteiger partial charge in [-0.1, -0.05) is 71.4 Å². The number of nitrogens with zero attached hydrogens (tertiary/aromatic N) is 4. The molecule has 11 nitrogen and oxygen atoms in total. The lowest BCUT2D eigenvalue weighted by Gasteiger charge is -2.47. The summed E-state index contributed by atoms with van der Waals surface area (Å²) in [5.74, 6) is -1.42. The summed E-state index contributed by atoms with van der Waals surface area (Å²) in [7, 11) is 7.05. The number of hydrogen-bond acceptors (Lipinski definition) is 8. The van der Waals surface area contributed by atoms with Crippen molar-refractivity contribution in [3.63, 3.8) is 0 Å². The van der Waals surface area contributed by atoms with Crippen molar-refractivity contribution >= 4 is 23.5 Å². The molecule has 0 saturated carbocycles. The lowest BCUT2D eigenvalue weighted by atomic mass is 9.85. The van der Waals surface area contributed by atoms with Crippen molar-refractivity contribution in [3.8, 4) is 0 Å². The zero-order chi connectivity index (χ0) is 40.3. The second-order valence-corrected chi connectivity index (χ2v) is 17.1. The van der Waals surface area contributed by atoms with Gasteiger partial charge in [-0.15, -0.1) is 0 Å². The standard InChI is InChI=1S/C43H72N4O7/c1-12-30(4)40(45(9)42(52)34(29(2)3)25-39(51)47-22-21-44(8)28-43(47,6)7)37(53-10)26-38(50)46-20-16-19-35(46)41(54-11)31(5)36(49)24-33(27-48)23-32-17-14-13-15-18-32/h13-15,17-18,29-31,33-35,37,40-41,48H,12,16,19-28H2,1-11H3/t30-,31-,33+,34-,35-,37+,40-,41+/m0/s1. The molecule has 0 bridgehead atoms. The van der Waals surface area contributed by atoms with Gasteiger partial charge in [-0.25, -0.2) is 0 Å². The van der Waals surface area contributed by atoms with E-state index in [4.69, 9.17) is 9.47 Å². The fraction of sp³-hybridized carbons (Fsp3) is 0.767. The molecule has 2 aliphatic rings. The maximum atomic E-state index is 14.4. The number of likely N-dealkylation sites (N-methyl/N-ethyl adjacent to an activating group) is 2. The van der Waals surface area contributed by atoms with Crippen LogP contribution in [0.4, 0.5) is 0 Å². The van der Waals surface area contributed by atoms with E-state index < -0.39 is 30.1 Å². The van der Waals surface area contributed by atoms with E-state index in [0.29, 0.717) is 25.9 Å². The highest BCUT2D eigenvalue weighted by Gasteiger charge is 2.44. The Kier molecular flexibility index (Phi) is 17.6. The van der Waals surface area contributed by atoms with E-state index >= 15 is 0 Å². The molecule has 3 amide bonds. The van der Waals surface area contributed by atoms with E-state index in [1.807, 2.05) is 60.9 Å². The highest BCUT2D eigenvalue weighted by atomic mass is 16.5. The van der Waals surface area contributed by atoms with Gasteiger partial charge in [0.25, 0.3) is 0 Å². The van der Waals surface area contributed by atoms with Crippen LogP contribution in [0.2, 0.25) is 0 Å². The summed E-state index contributed by atoms with van der Waals surface area (Å²) < 4.78 is 12.1. The van der Waals surface area contributed by atoms with Crippen LogP contribution in [-0.4, -0.2) is 139 Å². The summed E-state index contributed by atoms with van der Waals surface area (Å²) >= 11 is 0. The predicted molar refractivity (Wildman–Crippen MR) is 213 cm³/mol. The molecule has 2 heterocycles. The number of hydrogen-bond donors (Lipinski definition) is 1. The SMILES string of the molecule is CC[C@H](C)[C@@H]([C@@H](CC(=O)N1CCC[C@H]1[C@H](OC)[C@@H](C)C(=O)C[C@H](CO)Cc1ccccc1)OC)N(C)C(=O)[C@@H](CC(=O)N1CCN(C)CC1(C)C)C(C)C. The molecule has 1 aromatic carbocycles. The largest absolute Gasteiger partial charge is 0.396 e. The summed E-state index contributed by atoms with van der Waals surface area (Å²) in [6, 6.07) is 9.19. The first-order valence-corrected chi connectivity index (χ1v) is 20.3. The van der Waals surface area contributed by atoms with Gasteiger partial charge in [0.15, 0.2) is 0 Å². The van der Waals surface area contributed by atoms with E-state index in [1.54, 1.807) is 26.2 Å². The van der Waals surface area contributed by atoms with Crippen molar-refractivity contribution in [2.24, 2.45) is 29.6 Å². The number of aliphatic hydroxyl groups excluding tert-OH is 1. The lowest BCUT2D eigenvalue weighted by Crippen LogP contribution is -2.60. The summed E-state index contributed by atoms with van der Waals surface area (Å²) in [5, 5.41) is 10.1. The van der Waals surface area contributed by atoms with Crippen molar-refractivity contribution < 1.29 is 33.8 Å². The molecule has 54 heavy (non-hydrogen) atoms. The first-order chi connectivity index (χ1) is 25.5. The number of amides is 3. The van der Waals surface area contributed by atoms with Gasteiger partial charge in [-0.2, -0.15) is 0 Å². The van der Waals surface area contributed by atoms with Crippen LogP contribution < -0.4 is 0 Å². The molecule has 1 aromatic rings. The van der Waals surface area contributed by atoms with E-state index in [-0.39, 0.29) is 78.7 Å². The minimum Gasteiger partial charge on any atom is -0.396 e. The number of piperazine rings is 1. The molecule has 1 N–H and O–H groups in total. The molecule has 11 heteroatoms. The number of aliphatic hydroxyl groups is 1. The Morgan fingerprint density at radius 1 is 0.944 bits per heavy atom. The minimum atomic E-state index is -0.578. The molecule has 2 saturated heterocycles. The van der Waals surface area contributed by atoms with Gasteiger partial charge in [0.05, 0.1) is 30.7 Å². The Hall–Kier alpha value is -2.86. The van der Waals surface area contributed by atoms with Crippen LogP contribution >= 0.6 is 0 Å². The van der Waals surface area contributed by atoms with Gasteiger partial charge in [-0.05, 0) is 63.5 Å². The van der Waals surface area contributed by atoms with Gasteiger partial charge < -0.3 is 34.2 Å². The Morgan fingerprint density at radius 2 is 1.61 bits per heavy atom. The number of rotatable bonds is 20. The van der Waals surface area contributed by atoms with Gasteiger partial charge in [0, 0.05) is 84.3 Å². The third-order valence-electron chi connectivity index (χ3n) is 12.4. The van der Waals surface area contributed by atoms with E-state index in [2.05, 4.69) is 39.6 Å². The van der Waals surface area contributed by atoms with Crippen LogP contribution in [0.15, 0.2) is 30.3 Å². The quantitative estimate of drug-likeness (QED) is 0.199. The molecule has 0 aromatic heterocycles. The average Bonchev–Trinajstić information content (AvgIpc) is 3.62. The number of carbonyl (C=O) groups excluding carboxylic acids is 4. The average molecular weight is 757 g/mol. The summed E-state index contributed by atoms with van der Waals surface area (Å²) in [5.41, 5.74) is 0.748. The second kappa shape index (κ2) is 20.9. The van der Waals surface area contributed by atoms with Crippen molar-refractivity contribution in [2.75, 3.05) is 61.1 Å². The van der Waals surface area contributed by atoms with E-state index in [0.717, 1.165) is 31.5 Å². The van der Waals surface area contributed by atoms with Crippen molar-refractivity contribution in [2.45, 2.75) is 123 Å². The summed E-state index contributed by atoms with van der Waals surface area (Å²) in [6.07, 6.45) is 2.25. The van der Waals surface area contributed by atoms with Gasteiger partial charge in [0.2, 0.25) is 17.7 Å². The molecule has 8 atom stereocenters. The Labute approximate surface area is 326 Å². The van der Waals surface area contributed by atoms with E-state index in [9.17, 15) is 24.3 Å². The fourth-order valence-electron chi connectivity index (χ4n) is 8.99. The minimum absolute atomic E-state index is 0.00401. The van der Waals surface area contributed by atoms with Crippen LogP contribution in [0.3, 0.4) is 0 Å². The monoisotopic (exact) mass is 757 g/mol. The highest BCUT2D eigenvalue weighted by molar-refractivity contribution is 5.87. The van der Waals surface area contributed by atoms with Crippen molar-refractivity contribution in [1.82, 2.24) is 19.6 Å². The number of carbonyl (C=O) groups is 4. The number of likely N-dealkylation sites (tertiary alicyclic amines) is 1. The topological polar surface area (TPSA) is 120 Å². The first kappa shape index (κ1) is 45.5. The maximum absolute atomic E-state index is 14.4.